The summed E-state index contributed by atoms with van der Waals surface area (Å²) < 4.78 is 5.29. The van der Waals surface area contributed by atoms with Crippen LogP contribution in [0.3, 0.4) is 0 Å². The van der Waals surface area contributed by atoms with Crippen LogP contribution in [0.5, 0.6) is 0 Å². The largest absolute Gasteiger partial charge is 0.452 e. The van der Waals surface area contributed by atoms with E-state index in [1.165, 1.54) is 0 Å². The summed E-state index contributed by atoms with van der Waals surface area (Å²) in [6.45, 7) is 3.43. The molecule has 3 aromatic rings. The van der Waals surface area contributed by atoms with Crippen LogP contribution in [0.4, 0.5) is 5.69 Å². The number of aromatic nitrogens is 1. The van der Waals surface area contributed by atoms with Gasteiger partial charge in [0.05, 0.1) is 23.6 Å². The molecule has 1 N–H and O–H groups in total. The third kappa shape index (κ3) is 4.58. The smallest absolute Gasteiger partial charge is 0.339 e. The van der Waals surface area contributed by atoms with Gasteiger partial charge in [-0.25, -0.2) is 4.79 Å². The molecule has 1 heterocycles. The lowest BCUT2D eigenvalue weighted by molar-refractivity contribution is -0.119. The Morgan fingerprint density at radius 3 is 2.55 bits per heavy atom. The number of pyridine rings is 1. The van der Waals surface area contributed by atoms with Crippen LogP contribution in [0.25, 0.3) is 10.9 Å². The zero-order chi connectivity index (χ0) is 20.8. The molecule has 0 unspecified atom stereocenters. The van der Waals surface area contributed by atoms with Gasteiger partial charge in [-0.05, 0) is 42.7 Å². The van der Waals surface area contributed by atoms with Crippen molar-refractivity contribution in [3.63, 3.8) is 0 Å². The van der Waals surface area contributed by atoms with Crippen LogP contribution >= 0.6 is 0 Å². The van der Waals surface area contributed by atoms with Crippen molar-refractivity contribution in [3.8, 4) is 6.07 Å². The summed E-state index contributed by atoms with van der Waals surface area (Å²) in [4.78, 5) is 29.5. The molecule has 6 nitrogen and oxygen atoms in total. The molecule has 29 heavy (non-hydrogen) atoms. The number of para-hydroxylation sites is 1. The van der Waals surface area contributed by atoms with Crippen LogP contribution < -0.4 is 5.32 Å². The minimum absolute atomic E-state index is 0.310. The molecule has 2 aromatic carbocycles. The Morgan fingerprint density at radius 2 is 1.86 bits per heavy atom. The van der Waals surface area contributed by atoms with Gasteiger partial charge >= 0.3 is 5.97 Å². The minimum atomic E-state index is -0.546. The SMILES string of the molecule is CCc1nc2ccccc2c(C(=O)OCC(=O)Nc2ccc(CC#N)cc2)c1C. The zero-order valence-corrected chi connectivity index (χ0v) is 16.4. The molecule has 146 valence electrons. The lowest BCUT2D eigenvalue weighted by atomic mass is 10.0. The van der Waals surface area contributed by atoms with E-state index in [-0.39, 0.29) is 0 Å². The molecule has 0 bridgehead atoms. The van der Waals surface area contributed by atoms with E-state index in [0.717, 1.165) is 22.3 Å². The first-order chi connectivity index (χ1) is 14.0. The first kappa shape index (κ1) is 20.0. The van der Waals surface area contributed by atoms with Crippen LogP contribution in [-0.2, 0) is 22.4 Å². The van der Waals surface area contributed by atoms with Gasteiger partial charge in [-0.1, -0.05) is 37.3 Å². The molecule has 0 aliphatic rings. The maximum absolute atomic E-state index is 12.8. The zero-order valence-electron chi connectivity index (χ0n) is 16.4. The number of esters is 1. The van der Waals surface area contributed by atoms with E-state index in [1.54, 1.807) is 24.3 Å². The van der Waals surface area contributed by atoms with E-state index in [9.17, 15) is 9.59 Å². The quantitative estimate of drug-likeness (QED) is 0.646. The molecule has 0 aliphatic heterocycles. The molecule has 6 heteroatoms. The monoisotopic (exact) mass is 387 g/mol. The molecule has 1 aromatic heterocycles. The summed E-state index contributed by atoms with van der Waals surface area (Å²) in [5, 5.41) is 12.1. The number of nitrogens with zero attached hydrogens (tertiary/aromatic N) is 2. The number of nitrogens with one attached hydrogen (secondary N) is 1. The summed E-state index contributed by atoms with van der Waals surface area (Å²) in [5.41, 5.74) is 4.21. The molecule has 1 amide bonds. The van der Waals surface area contributed by atoms with Gasteiger partial charge in [0.25, 0.3) is 5.91 Å². The van der Waals surface area contributed by atoms with Gasteiger partial charge in [-0.3, -0.25) is 9.78 Å². The molecule has 0 saturated carbocycles. The molecule has 0 spiro atoms. The Morgan fingerprint density at radius 1 is 1.14 bits per heavy atom. The average Bonchev–Trinajstić information content (AvgIpc) is 2.73. The lowest BCUT2D eigenvalue weighted by Gasteiger charge is -2.13. The Labute approximate surface area is 169 Å². The van der Waals surface area contributed by atoms with E-state index < -0.39 is 18.5 Å². The van der Waals surface area contributed by atoms with Crippen molar-refractivity contribution in [2.24, 2.45) is 0 Å². The maximum Gasteiger partial charge on any atom is 0.339 e. The topological polar surface area (TPSA) is 92.1 Å². The van der Waals surface area contributed by atoms with Crippen molar-refractivity contribution in [1.82, 2.24) is 4.98 Å². The number of benzene rings is 2. The molecule has 0 aliphatic carbocycles. The highest BCUT2D eigenvalue weighted by atomic mass is 16.5. The summed E-state index contributed by atoms with van der Waals surface area (Å²) >= 11 is 0. The second-order valence-corrected chi connectivity index (χ2v) is 6.59. The fourth-order valence-electron chi connectivity index (χ4n) is 3.16. The number of hydrogen-bond acceptors (Lipinski definition) is 5. The molecular formula is C23H21N3O3. The van der Waals surface area contributed by atoms with Crippen molar-refractivity contribution in [3.05, 3.63) is 70.9 Å². The second kappa shape index (κ2) is 8.98. The van der Waals surface area contributed by atoms with Gasteiger partial charge in [0.2, 0.25) is 0 Å². The molecule has 3 rings (SSSR count). The van der Waals surface area contributed by atoms with E-state index in [0.29, 0.717) is 29.5 Å². The van der Waals surface area contributed by atoms with Crippen LogP contribution in [0, 0.1) is 18.3 Å². The van der Waals surface area contributed by atoms with E-state index >= 15 is 0 Å². The second-order valence-electron chi connectivity index (χ2n) is 6.59. The minimum Gasteiger partial charge on any atom is -0.452 e. The Balaban J connectivity index is 1.71. The third-order valence-electron chi connectivity index (χ3n) is 4.63. The number of carbonyl (C=O) groups excluding carboxylic acids is 2. The van der Waals surface area contributed by atoms with E-state index in [4.69, 9.17) is 10.00 Å². The summed E-state index contributed by atoms with van der Waals surface area (Å²) in [7, 11) is 0. The fraction of sp³-hybridized carbons (Fsp3) is 0.217. The van der Waals surface area contributed by atoms with Crippen LogP contribution in [0.15, 0.2) is 48.5 Å². The van der Waals surface area contributed by atoms with Gasteiger partial charge in [-0.15, -0.1) is 0 Å². The molecule has 0 radical (unpaired) electrons. The van der Waals surface area contributed by atoms with Crippen LogP contribution in [0.2, 0.25) is 0 Å². The van der Waals surface area contributed by atoms with Gasteiger partial charge in [0, 0.05) is 16.8 Å². The van der Waals surface area contributed by atoms with Crippen molar-refractivity contribution in [2.45, 2.75) is 26.7 Å². The van der Waals surface area contributed by atoms with Crippen LogP contribution in [-0.4, -0.2) is 23.5 Å². The number of fused-ring (bicyclic) bond motifs is 1. The molecule has 0 atom stereocenters. The van der Waals surface area contributed by atoms with Gasteiger partial charge in [-0.2, -0.15) is 5.26 Å². The number of nitriles is 1. The van der Waals surface area contributed by atoms with E-state index in [2.05, 4.69) is 16.4 Å². The number of anilines is 1. The summed E-state index contributed by atoms with van der Waals surface area (Å²) in [6.07, 6.45) is 1.00. The van der Waals surface area contributed by atoms with Gasteiger partial charge < -0.3 is 10.1 Å². The number of aryl methyl sites for hydroxylation is 1. The highest BCUT2D eigenvalue weighted by Gasteiger charge is 2.19. The number of carbonyl (C=O) groups is 2. The lowest BCUT2D eigenvalue weighted by Crippen LogP contribution is -2.21. The predicted molar refractivity (Wildman–Crippen MR) is 111 cm³/mol. The Kier molecular flexibility index (Phi) is 6.20. The van der Waals surface area contributed by atoms with Crippen molar-refractivity contribution in [2.75, 3.05) is 11.9 Å². The first-order valence-electron chi connectivity index (χ1n) is 9.34. The highest BCUT2D eigenvalue weighted by molar-refractivity contribution is 6.05. The normalized spacial score (nSPS) is 10.4. The van der Waals surface area contributed by atoms with Crippen LogP contribution in [0.1, 0.15) is 34.1 Å². The first-order valence-corrected chi connectivity index (χ1v) is 9.34. The van der Waals surface area contributed by atoms with Crippen molar-refractivity contribution >= 4 is 28.5 Å². The Bertz CT molecular complexity index is 1100. The molecule has 0 saturated heterocycles. The maximum atomic E-state index is 12.8. The number of amides is 1. The third-order valence-corrected chi connectivity index (χ3v) is 4.63. The van der Waals surface area contributed by atoms with E-state index in [1.807, 2.05) is 38.1 Å². The molecule has 0 fully saturated rings. The standard InChI is InChI=1S/C23H21N3O3/c1-3-19-15(2)22(18-6-4-5-7-20(18)26-19)23(28)29-14-21(27)25-17-10-8-16(9-11-17)12-13-24/h4-11H,3,12,14H2,1-2H3,(H,25,27). The summed E-state index contributed by atoms with van der Waals surface area (Å²) in [5.74, 6) is -0.978. The van der Waals surface area contributed by atoms with Crippen molar-refractivity contribution in [1.29, 1.82) is 5.26 Å². The molecular weight excluding hydrogens is 366 g/mol. The number of ether oxygens (including phenoxy) is 1. The Hall–Kier alpha value is -3.72. The number of hydrogen-bond donors (Lipinski definition) is 1. The summed E-state index contributed by atoms with van der Waals surface area (Å²) in [6, 6.07) is 16.4. The van der Waals surface area contributed by atoms with Crippen molar-refractivity contribution < 1.29 is 14.3 Å². The van der Waals surface area contributed by atoms with Gasteiger partial charge in [0.1, 0.15) is 0 Å². The van der Waals surface area contributed by atoms with Gasteiger partial charge in [0.15, 0.2) is 6.61 Å². The average molecular weight is 387 g/mol. The fourth-order valence-corrected chi connectivity index (χ4v) is 3.16. The predicted octanol–water partition coefficient (Wildman–Crippen LogP) is 3.97. The highest BCUT2D eigenvalue weighted by Crippen LogP contribution is 2.24. The number of rotatable bonds is 6.